The number of benzene rings is 4. The number of ether oxygens (including phenoxy) is 1. The monoisotopic (exact) mass is 533 g/mol. The Labute approximate surface area is 233 Å². The lowest BCUT2D eigenvalue weighted by atomic mass is 10.0. The third-order valence-electron chi connectivity index (χ3n) is 6.38. The minimum absolute atomic E-state index is 0.0822. The maximum Gasteiger partial charge on any atom is 0.251 e. The Morgan fingerprint density at radius 1 is 0.821 bits per heavy atom. The van der Waals surface area contributed by atoms with Gasteiger partial charge < -0.3 is 10.1 Å². The summed E-state index contributed by atoms with van der Waals surface area (Å²) in [6.07, 6.45) is 1.83. The van der Waals surface area contributed by atoms with E-state index < -0.39 is 0 Å². The lowest BCUT2D eigenvalue weighted by Crippen LogP contribution is -2.24. The second-order valence-corrected chi connectivity index (χ2v) is 10.1. The van der Waals surface area contributed by atoms with Crippen molar-refractivity contribution in [2.75, 3.05) is 19.4 Å². The number of para-hydroxylation sites is 1. The van der Waals surface area contributed by atoms with Gasteiger partial charge in [-0.15, -0.1) is 0 Å². The summed E-state index contributed by atoms with van der Waals surface area (Å²) in [6, 6.07) is 38.4. The standard InChI is InChI=1S/C33H31N3O2S/c1-38-29-21-13-18-27(24-29)32(37)34-22-11-12-23-39-33-35-30(25-14-5-2-6-15-25)31(26-16-7-3-8-17-26)36(33)28-19-9-4-10-20-28/h2-10,13-21,24H,11-12,22-23H2,1H3,(H,34,37). The van der Waals surface area contributed by atoms with Gasteiger partial charge in [0.25, 0.3) is 5.91 Å². The first kappa shape index (κ1) is 26.3. The number of hydrogen-bond acceptors (Lipinski definition) is 4. The SMILES string of the molecule is COc1cccc(C(=O)NCCCCSc2nc(-c3ccccc3)c(-c3ccccc3)n2-c2ccccc2)c1. The number of unbranched alkanes of at least 4 members (excludes halogenated alkanes) is 1. The van der Waals surface area contributed by atoms with Crippen LogP contribution in [-0.2, 0) is 0 Å². The highest BCUT2D eigenvalue weighted by Crippen LogP contribution is 2.38. The van der Waals surface area contributed by atoms with E-state index in [4.69, 9.17) is 9.72 Å². The van der Waals surface area contributed by atoms with Crippen molar-refractivity contribution in [3.05, 3.63) is 121 Å². The molecule has 1 amide bonds. The number of amides is 1. The summed E-state index contributed by atoms with van der Waals surface area (Å²) < 4.78 is 7.49. The van der Waals surface area contributed by atoms with E-state index in [-0.39, 0.29) is 5.91 Å². The first-order chi connectivity index (χ1) is 19.2. The molecule has 0 aliphatic carbocycles. The Balaban J connectivity index is 1.33. The van der Waals surface area contributed by atoms with Gasteiger partial charge in [-0.05, 0) is 43.2 Å². The van der Waals surface area contributed by atoms with Crippen LogP contribution in [0.2, 0.25) is 0 Å². The van der Waals surface area contributed by atoms with Crippen LogP contribution in [0.1, 0.15) is 23.2 Å². The second kappa shape index (κ2) is 13.0. The fraction of sp³-hybridized carbons (Fsp3) is 0.152. The zero-order chi connectivity index (χ0) is 26.9. The lowest BCUT2D eigenvalue weighted by Gasteiger charge is -2.13. The molecule has 0 saturated heterocycles. The van der Waals surface area contributed by atoms with E-state index in [2.05, 4.69) is 82.7 Å². The fourth-order valence-electron chi connectivity index (χ4n) is 4.43. The number of rotatable bonds is 11. The molecular weight excluding hydrogens is 502 g/mol. The highest BCUT2D eigenvalue weighted by Gasteiger charge is 2.21. The Morgan fingerprint density at radius 2 is 1.49 bits per heavy atom. The van der Waals surface area contributed by atoms with Crippen LogP contribution in [0.3, 0.4) is 0 Å². The average molecular weight is 534 g/mol. The molecule has 1 aromatic heterocycles. The van der Waals surface area contributed by atoms with E-state index in [9.17, 15) is 4.79 Å². The molecule has 0 radical (unpaired) electrons. The minimum atomic E-state index is -0.0822. The number of imidazole rings is 1. The Hall–Kier alpha value is -4.29. The summed E-state index contributed by atoms with van der Waals surface area (Å²) in [5.41, 5.74) is 5.96. The topological polar surface area (TPSA) is 56.1 Å². The zero-order valence-electron chi connectivity index (χ0n) is 21.9. The number of methoxy groups -OCH3 is 1. The van der Waals surface area contributed by atoms with Crippen LogP contribution in [-0.4, -0.2) is 34.9 Å². The molecule has 0 fully saturated rings. The molecule has 0 unspecified atom stereocenters. The fourth-order valence-corrected chi connectivity index (χ4v) is 5.44. The van der Waals surface area contributed by atoms with Crippen LogP contribution in [0.5, 0.6) is 5.75 Å². The number of hydrogen-bond donors (Lipinski definition) is 1. The van der Waals surface area contributed by atoms with Gasteiger partial charge in [-0.3, -0.25) is 9.36 Å². The molecule has 0 saturated carbocycles. The second-order valence-electron chi connectivity index (χ2n) is 9.04. The normalized spacial score (nSPS) is 10.8. The Kier molecular flexibility index (Phi) is 8.76. The quantitative estimate of drug-likeness (QED) is 0.141. The number of nitrogens with zero attached hydrogens (tertiary/aromatic N) is 2. The number of carbonyl (C=O) groups is 1. The number of nitrogens with one attached hydrogen (secondary N) is 1. The van der Waals surface area contributed by atoms with E-state index >= 15 is 0 Å². The predicted octanol–water partition coefficient (Wildman–Crippen LogP) is 7.52. The zero-order valence-corrected chi connectivity index (χ0v) is 22.7. The third-order valence-corrected chi connectivity index (χ3v) is 7.40. The van der Waals surface area contributed by atoms with Crippen LogP contribution in [0.25, 0.3) is 28.2 Å². The number of aromatic nitrogens is 2. The summed E-state index contributed by atoms with van der Waals surface area (Å²) >= 11 is 1.75. The molecule has 5 aromatic rings. The molecule has 4 aromatic carbocycles. The van der Waals surface area contributed by atoms with Gasteiger partial charge >= 0.3 is 0 Å². The van der Waals surface area contributed by atoms with E-state index in [0.717, 1.165) is 52.0 Å². The Morgan fingerprint density at radius 3 is 2.18 bits per heavy atom. The van der Waals surface area contributed by atoms with Gasteiger partial charge in [0.05, 0.1) is 18.5 Å². The van der Waals surface area contributed by atoms with E-state index in [1.165, 1.54) is 0 Å². The lowest BCUT2D eigenvalue weighted by molar-refractivity contribution is 0.0953. The summed E-state index contributed by atoms with van der Waals surface area (Å²) in [5.74, 6) is 1.49. The summed E-state index contributed by atoms with van der Waals surface area (Å²) in [5, 5.41) is 3.98. The molecule has 6 heteroatoms. The molecule has 0 aliphatic rings. The molecule has 1 heterocycles. The van der Waals surface area contributed by atoms with Gasteiger partial charge in [0, 0.05) is 34.7 Å². The maximum atomic E-state index is 12.5. The van der Waals surface area contributed by atoms with Gasteiger partial charge in [0.2, 0.25) is 0 Å². The summed E-state index contributed by atoms with van der Waals surface area (Å²) in [7, 11) is 1.60. The van der Waals surface area contributed by atoms with E-state index in [1.54, 1.807) is 31.0 Å². The van der Waals surface area contributed by atoms with Crippen LogP contribution in [0, 0.1) is 0 Å². The first-order valence-electron chi connectivity index (χ1n) is 13.1. The van der Waals surface area contributed by atoms with Crippen LogP contribution < -0.4 is 10.1 Å². The van der Waals surface area contributed by atoms with Crippen molar-refractivity contribution in [1.29, 1.82) is 0 Å². The van der Waals surface area contributed by atoms with Crippen molar-refractivity contribution in [2.24, 2.45) is 0 Å². The van der Waals surface area contributed by atoms with Crippen molar-refractivity contribution in [3.8, 4) is 34.0 Å². The van der Waals surface area contributed by atoms with Crippen molar-refractivity contribution >= 4 is 17.7 Å². The van der Waals surface area contributed by atoms with Crippen LogP contribution >= 0.6 is 11.8 Å². The smallest absolute Gasteiger partial charge is 0.251 e. The summed E-state index contributed by atoms with van der Waals surface area (Å²) in [6.45, 7) is 0.619. The van der Waals surface area contributed by atoms with Crippen molar-refractivity contribution < 1.29 is 9.53 Å². The molecule has 0 bridgehead atoms. The van der Waals surface area contributed by atoms with Gasteiger partial charge in [0.1, 0.15) is 5.75 Å². The van der Waals surface area contributed by atoms with E-state index in [0.29, 0.717) is 17.9 Å². The largest absolute Gasteiger partial charge is 0.497 e. The molecule has 5 nitrogen and oxygen atoms in total. The minimum Gasteiger partial charge on any atom is -0.497 e. The molecular formula is C33H31N3O2S. The first-order valence-corrected chi connectivity index (χ1v) is 14.1. The molecule has 196 valence electrons. The van der Waals surface area contributed by atoms with Crippen molar-refractivity contribution in [3.63, 3.8) is 0 Å². The van der Waals surface area contributed by atoms with Crippen molar-refractivity contribution in [2.45, 2.75) is 18.0 Å². The molecule has 39 heavy (non-hydrogen) atoms. The van der Waals surface area contributed by atoms with Gasteiger partial charge in [-0.25, -0.2) is 4.98 Å². The van der Waals surface area contributed by atoms with Gasteiger partial charge in [0.15, 0.2) is 5.16 Å². The van der Waals surface area contributed by atoms with E-state index in [1.807, 2.05) is 30.3 Å². The molecule has 0 spiro atoms. The highest BCUT2D eigenvalue weighted by molar-refractivity contribution is 7.99. The molecule has 1 N–H and O–H groups in total. The maximum absolute atomic E-state index is 12.5. The molecule has 0 atom stereocenters. The third kappa shape index (κ3) is 6.41. The van der Waals surface area contributed by atoms with Crippen molar-refractivity contribution in [1.82, 2.24) is 14.9 Å². The molecule has 5 rings (SSSR count). The number of thioether (sulfide) groups is 1. The predicted molar refractivity (Wildman–Crippen MR) is 160 cm³/mol. The van der Waals surface area contributed by atoms with Crippen LogP contribution in [0.15, 0.2) is 120 Å². The average Bonchev–Trinajstić information content (AvgIpc) is 3.39. The highest BCUT2D eigenvalue weighted by atomic mass is 32.2. The summed E-state index contributed by atoms with van der Waals surface area (Å²) in [4.78, 5) is 17.7. The Bertz CT molecular complexity index is 1500. The van der Waals surface area contributed by atoms with Crippen LogP contribution in [0.4, 0.5) is 0 Å². The van der Waals surface area contributed by atoms with Gasteiger partial charge in [-0.2, -0.15) is 0 Å². The van der Waals surface area contributed by atoms with Gasteiger partial charge in [-0.1, -0.05) is 96.7 Å². The number of carbonyl (C=O) groups excluding carboxylic acids is 1. The molecule has 0 aliphatic heterocycles.